The SMILES string of the molecule is CC1CN(Cc2cc(=O)n3cc(Cl)ccc3n2)CC(C)N1.Cl. The smallest absolute Gasteiger partial charge is 0.258 e. The number of piperazine rings is 1. The monoisotopic (exact) mass is 342 g/mol. The number of aromatic nitrogens is 2. The predicted octanol–water partition coefficient (Wildman–Crippen LogP) is 1.95. The van der Waals surface area contributed by atoms with Gasteiger partial charge in [0.1, 0.15) is 5.65 Å². The van der Waals surface area contributed by atoms with E-state index in [0.717, 1.165) is 18.8 Å². The van der Waals surface area contributed by atoms with Crippen molar-refractivity contribution in [2.24, 2.45) is 0 Å². The molecule has 1 N–H and O–H groups in total. The number of nitrogens with zero attached hydrogens (tertiary/aromatic N) is 3. The summed E-state index contributed by atoms with van der Waals surface area (Å²) in [6.45, 7) is 6.98. The molecule has 0 saturated carbocycles. The summed E-state index contributed by atoms with van der Waals surface area (Å²) in [5.41, 5.74) is 1.36. The lowest BCUT2D eigenvalue weighted by molar-refractivity contribution is 0.165. The lowest BCUT2D eigenvalue weighted by Gasteiger charge is -2.35. The first-order valence-electron chi connectivity index (χ1n) is 7.17. The molecule has 0 amide bonds. The fraction of sp³-hybridized carbons (Fsp3) is 0.467. The quantitative estimate of drug-likeness (QED) is 0.906. The topological polar surface area (TPSA) is 49.6 Å². The second-order valence-electron chi connectivity index (χ2n) is 5.82. The van der Waals surface area contributed by atoms with E-state index in [9.17, 15) is 4.79 Å². The Morgan fingerprint density at radius 3 is 2.68 bits per heavy atom. The van der Waals surface area contributed by atoms with Gasteiger partial charge in [0.15, 0.2) is 0 Å². The molecule has 0 aliphatic carbocycles. The minimum Gasteiger partial charge on any atom is -0.309 e. The minimum atomic E-state index is -0.0891. The number of rotatable bonds is 2. The van der Waals surface area contributed by atoms with E-state index < -0.39 is 0 Å². The fourth-order valence-electron chi connectivity index (χ4n) is 3.01. The van der Waals surface area contributed by atoms with Crippen LogP contribution in [-0.2, 0) is 6.54 Å². The molecular formula is C15H20Cl2N4O. The van der Waals surface area contributed by atoms with E-state index in [0.29, 0.717) is 29.3 Å². The van der Waals surface area contributed by atoms with Crippen LogP contribution in [0.3, 0.4) is 0 Å². The van der Waals surface area contributed by atoms with Gasteiger partial charge in [-0.15, -0.1) is 12.4 Å². The van der Waals surface area contributed by atoms with Gasteiger partial charge in [0.25, 0.3) is 5.56 Å². The van der Waals surface area contributed by atoms with Crippen molar-refractivity contribution in [3.63, 3.8) is 0 Å². The van der Waals surface area contributed by atoms with Crippen molar-refractivity contribution < 1.29 is 0 Å². The standard InChI is InChI=1S/C15H19ClN4O.ClH/c1-10-6-19(7-11(2)17-10)9-13-5-15(21)20-8-12(16)3-4-14(20)18-13;/h3-5,8,10-11,17H,6-7,9H2,1-2H3;1H. The van der Waals surface area contributed by atoms with E-state index in [-0.39, 0.29) is 18.0 Å². The molecule has 5 nitrogen and oxygen atoms in total. The molecule has 1 aliphatic heterocycles. The van der Waals surface area contributed by atoms with Crippen molar-refractivity contribution in [2.45, 2.75) is 32.5 Å². The highest BCUT2D eigenvalue weighted by Gasteiger charge is 2.21. The third-order valence-electron chi connectivity index (χ3n) is 3.70. The molecule has 0 aromatic carbocycles. The van der Waals surface area contributed by atoms with Crippen molar-refractivity contribution in [3.8, 4) is 0 Å². The Balaban J connectivity index is 0.00000176. The van der Waals surface area contributed by atoms with Gasteiger partial charge < -0.3 is 5.32 Å². The van der Waals surface area contributed by atoms with E-state index in [2.05, 4.69) is 29.0 Å². The molecule has 120 valence electrons. The van der Waals surface area contributed by atoms with Crippen LogP contribution in [-0.4, -0.2) is 39.5 Å². The van der Waals surface area contributed by atoms with Gasteiger partial charge in [0.2, 0.25) is 0 Å². The van der Waals surface area contributed by atoms with Gasteiger partial charge in [0, 0.05) is 44.0 Å². The zero-order valence-corrected chi connectivity index (χ0v) is 14.2. The third-order valence-corrected chi connectivity index (χ3v) is 3.92. The van der Waals surface area contributed by atoms with Crippen LogP contribution in [0.5, 0.6) is 0 Å². The number of fused-ring (bicyclic) bond motifs is 1. The molecule has 7 heteroatoms. The molecule has 2 aromatic rings. The number of pyridine rings is 1. The van der Waals surface area contributed by atoms with E-state index in [1.165, 1.54) is 4.40 Å². The minimum absolute atomic E-state index is 0. The van der Waals surface area contributed by atoms with E-state index in [4.69, 9.17) is 11.6 Å². The second-order valence-corrected chi connectivity index (χ2v) is 6.26. The van der Waals surface area contributed by atoms with E-state index in [1.54, 1.807) is 24.4 Å². The van der Waals surface area contributed by atoms with Crippen LogP contribution in [0.25, 0.3) is 5.65 Å². The van der Waals surface area contributed by atoms with Crippen LogP contribution in [0, 0.1) is 0 Å². The Morgan fingerprint density at radius 1 is 1.32 bits per heavy atom. The number of hydrogen-bond acceptors (Lipinski definition) is 4. The molecule has 0 radical (unpaired) electrons. The molecule has 3 heterocycles. The second kappa shape index (κ2) is 6.96. The summed E-state index contributed by atoms with van der Waals surface area (Å²) in [5, 5.41) is 4.03. The summed E-state index contributed by atoms with van der Waals surface area (Å²) in [4.78, 5) is 19.1. The van der Waals surface area contributed by atoms with Crippen molar-refractivity contribution in [2.75, 3.05) is 13.1 Å². The number of halogens is 2. The average Bonchev–Trinajstić information content (AvgIpc) is 2.38. The summed E-state index contributed by atoms with van der Waals surface area (Å²) >= 11 is 5.92. The third kappa shape index (κ3) is 3.79. The van der Waals surface area contributed by atoms with E-state index >= 15 is 0 Å². The van der Waals surface area contributed by atoms with Gasteiger partial charge in [-0.25, -0.2) is 4.98 Å². The molecule has 1 aliphatic rings. The summed E-state index contributed by atoms with van der Waals surface area (Å²) in [7, 11) is 0. The van der Waals surface area contributed by atoms with Gasteiger partial charge in [-0.05, 0) is 26.0 Å². The maximum absolute atomic E-state index is 12.2. The first-order valence-corrected chi connectivity index (χ1v) is 7.55. The van der Waals surface area contributed by atoms with Gasteiger partial charge in [-0.3, -0.25) is 14.1 Å². The molecule has 0 bridgehead atoms. The Bertz CT molecular complexity index is 708. The van der Waals surface area contributed by atoms with Crippen LogP contribution in [0.15, 0.2) is 29.2 Å². The van der Waals surface area contributed by atoms with Crippen LogP contribution >= 0.6 is 24.0 Å². The van der Waals surface area contributed by atoms with E-state index in [1.807, 2.05) is 0 Å². The molecule has 3 rings (SSSR count). The van der Waals surface area contributed by atoms with Crippen molar-refractivity contribution in [1.29, 1.82) is 0 Å². The lowest BCUT2D eigenvalue weighted by Crippen LogP contribution is -2.53. The molecule has 22 heavy (non-hydrogen) atoms. The van der Waals surface area contributed by atoms with Crippen LogP contribution < -0.4 is 10.9 Å². The summed E-state index contributed by atoms with van der Waals surface area (Å²) in [5.74, 6) is 0. The fourth-order valence-corrected chi connectivity index (χ4v) is 3.17. The molecule has 2 aromatic heterocycles. The largest absolute Gasteiger partial charge is 0.309 e. The van der Waals surface area contributed by atoms with Crippen molar-refractivity contribution in [1.82, 2.24) is 19.6 Å². The molecule has 2 unspecified atom stereocenters. The summed E-state index contributed by atoms with van der Waals surface area (Å²) in [6, 6.07) is 6.03. The number of hydrogen-bond donors (Lipinski definition) is 1. The summed E-state index contributed by atoms with van der Waals surface area (Å²) in [6.07, 6.45) is 1.60. The highest BCUT2D eigenvalue weighted by molar-refractivity contribution is 6.30. The Hall–Kier alpha value is -1.14. The maximum Gasteiger partial charge on any atom is 0.258 e. The highest BCUT2D eigenvalue weighted by Crippen LogP contribution is 2.11. The van der Waals surface area contributed by atoms with Crippen LogP contribution in [0.2, 0.25) is 5.02 Å². The lowest BCUT2D eigenvalue weighted by atomic mass is 10.1. The first-order chi connectivity index (χ1) is 10.0. The zero-order chi connectivity index (χ0) is 15.0. The van der Waals surface area contributed by atoms with Gasteiger partial charge in [-0.2, -0.15) is 0 Å². The van der Waals surface area contributed by atoms with Crippen LogP contribution in [0.4, 0.5) is 0 Å². The molecule has 1 saturated heterocycles. The van der Waals surface area contributed by atoms with Crippen molar-refractivity contribution in [3.05, 3.63) is 45.5 Å². The Morgan fingerprint density at radius 2 is 2.00 bits per heavy atom. The van der Waals surface area contributed by atoms with Crippen molar-refractivity contribution >= 4 is 29.7 Å². The maximum atomic E-state index is 12.2. The molecular weight excluding hydrogens is 323 g/mol. The predicted molar refractivity (Wildman–Crippen MR) is 91.1 cm³/mol. The molecule has 1 fully saturated rings. The molecule has 2 atom stereocenters. The first kappa shape index (κ1) is 17.2. The Labute approximate surface area is 140 Å². The summed E-state index contributed by atoms with van der Waals surface area (Å²) < 4.78 is 1.48. The number of nitrogens with one attached hydrogen (secondary N) is 1. The van der Waals surface area contributed by atoms with Gasteiger partial charge in [-0.1, -0.05) is 11.6 Å². The van der Waals surface area contributed by atoms with Gasteiger partial charge in [0.05, 0.1) is 10.7 Å². The van der Waals surface area contributed by atoms with Crippen LogP contribution in [0.1, 0.15) is 19.5 Å². The highest BCUT2D eigenvalue weighted by atomic mass is 35.5. The average molecular weight is 343 g/mol. The zero-order valence-electron chi connectivity index (χ0n) is 12.6. The normalized spacial score (nSPS) is 22.5. The molecule has 0 spiro atoms. The Kier molecular flexibility index (Phi) is 5.45. The van der Waals surface area contributed by atoms with Gasteiger partial charge >= 0.3 is 0 Å².